The molecule has 0 unspecified atom stereocenters. The van der Waals surface area contributed by atoms with E-state index in [4.69, 9.17) is 4.74 Å². The van der Waals surface area contributed by atoms with E-state index in [1.54, 1.807) is 19.2 Å². The zero-order valence-electron chi connectivity index (χ0n) is 13.7. The highest BCUT2D eigenvalue weighted by atomic mass is 79.9. The lowest BCUT2D eigenvalue weighted by molar-refractivity contribution is -0.121. The van der Waals surface area contributed by atoms with Crippen LogP contribution < -0.4 is 14.8 Å². The molecule has 2 aromatic rings. The minimum Gasteiger partial charge on any atom is -0.496 e. The van der Waals surface area contributed by atoms with Gasteiger partial charge in [-0.3, -0.25) is 4.79 Å². The van der Waals surface area contributed by atoms with Crippen LogP contribution >= 0.6 is 15.9 Å². The van der Waals surface area contributed by atoms with Gasteiger partial charge in [0.2, 0.25) is 15.9 Å². The average molecular weight is 427 g/mol. The van der Waals surface area contributed by atoms with Crippen molar-refractivity contribution in [3.05, 3.63) is 58.6 Å². The third-order valence-corrected chi connectivity index (χ3v) is 5.44. The van der Waals surface area contributed by atoms with Crippen molar-refractivity contribution in [2.75, 3.05) is 13.7 Å². The van der Waals surface area contributed by atoms with Gasteiger partial charge in [-0.25, -0.2) is 13.1 Å². The summed E-state index contributed by atoms with van der Waals surface area (Å²) in [5.41, 5.74) is 0.855. The quantitative estimate of drug-likeness (QED) is 0.678. The molecule has 6 nitrogen and oxygen atoms in total. The normalized spacial score (nSPS) is 11.1. The third kappa shape index (κ3) is 5.84. The molecule has 2 aromatic carbocycles. The first-order chi connectivity index (χ1) is 11.9. The first kappa shape index (κ1) is 19.4. The Morgan fingerprint density at radius 2 is 1.80 bits per heavy atom. The molecule has 0 saturated carbocycles. The molecule has 2 N–H and O–H groups in total. The molecule has 0 aliphatic rings. The highest BCUT2D eigenvalue weighted by molar-refractivity contribution is 9.10. The fourth-order valence-electron chi connectivity index (χ4n) is 2.13. The van der Waals surface area contributed by atoms with E-state index in [9.17, 15) is 13.2 Å². The number of hydrogen-bond acceptors (Lipinski definition) is 4. The van der Waals surface area contributed by atoms with Crippen molar-refractivity contribution in [3.8, 4) is 5.75 Å². The Labute approximate surface area is 155 Å². The van der Waals surface area contributed by atoms with Gasteiger partial charge in [0.25, 0.3) is 0 Å². The number of rotatable bonds is 8. The molecule has 0 aliphatic heterocycles. The van der Waals surface area contributed by atoms with Gasteiger partial charge < -0.3 is 10.1 Å². The number of carbonyl (C=O) groups excluding carboxylic acids is 1. The topological polar surface area (TPSA) is 84.5 Å². The molecule has 2 rings (SSSR count). The van der Waals surface area contributed by atoms with Gasteiger partial charge in [0, 0.05) is 29.5 Å². The highest BCUT2D eigenvalue weighted by Gasteiger charge is 2.14. The molecule has 0 aliphatic carbocycles. The van der Waals surface area contributed by atoms with E-state index < -0.39 is 10.0 Å². The maximum Gasteiger partial charge on any atom is 0.240 e. The van der Waals surface area contributed by atoms with Crippen molar-refractivity contribution < 1.29 is 17.9 Å². The van der Waals surface area contributed by atoms with E-state index >= 15 is 0 Å². The van der Waals surface area contributed by atoms with Crippen molar-refractivity contribution in [2.24, 2.45) is 0 Å². The first-order valence-electron chi connectivity index (χ1n) is 7.56. The predicted molar refractivity (Wildman–Crippen MR) is 98.8 cm³/mol. The highest BCUT2D eigenvalue weighted by Crippen LogP contribution is 2.17. The molecule has 0 aromatic heterocycles. The van der Waals surface area contributed by atoms with Gasteiger partial charge in [-0.15, -0.1) is 0 Å². The zero-order chi connectivity index (χ0) is 18.3. The number of benzene rings is 2. The fraction of sp³-hybridized carbons (Fsp3) is 0.235. The second-order valence-corrected chi connectivity index (χ2v) is 7.87. The van der Waals surface area contributed by atoms with Crippen molar-refractivity contribution in [2.45, 2.75) is 17.9 Å². The number of ether oxygens (including phenoxy) is 1. The number of hydrogen-bond donors (Lipinski definition) is 2. The summed E-state index contributed by atoms with van der Waals surface area (Å²) in [6, 6.07) is 13.7. The number of amides is 1. The second-order valence-electron chi connectivity index (χ2n) is 5.19. The summed E-state index contributed by atoms with van der Waals surface area (Å²) in [4.78, 5) is 12.0. The van der Waals surface area contributed by atoms with Gasteiger partial charge in [-0.2, -0.15) is 0 Å². The molecule has 0 radical (unpaired) electrons. The first-order valence-corrected chi connectivity index (χ1v) is 9.84. The lowest BCUT2D eigenvalue weighted by atomic mass is 10.2. The van der Waals surface area contributed by atoms with Gasteiger partial charge in [0.15, 0.2) is 0 Å². The minimum absolute atomic E-state index is 0.0240. The number of sulfonamides is 1. The van der Waals surface area contributed by atoms with Crippen LogP contribution in [0.1, 0.15) is 12.0 Å². The van der Waals surface area contributed by atoms with Crippen molar-refractivity contribution >= 4 is 31.9 Å². The standard InChI is InChI=1S/C17H19BrN2O4S/c1-24-16-5-3-2-4-13(16)12-19-17(21)10-11-20-25(22,23)15-8-6-14(18)7-9-15/h2-9,20H,10-12H2,1H3,(H,19,21). The van der Waals surface area contributed by atoms with Crippen LogP contribution in [0, 0.1) is 0 Å². The monoisotopic (exact) mass is 426 g/mol. The molecule has 0 bridgehead atoms. The molecule has 8 heteroatoms. The van der Waals surface area contributed by atoms with Crippen LogP contribution in [0.25, 0.3) is 0 Å². The van der Waals surface area contributed by atoms with E-state index in [1.165, 1.54) is 12.1 Å². The van der Waals surface area contributed by atoms with E-state index in [2.05, 4.69) is 26.0 Å². The summed E-state index contributed by atoms with van der Waals surface area (Å²) in [7, 11) is -2.05. The Kier molecular flexibility index (Phi) is 6.98. The summed E-state index contributed by atoms with van der Waals surface area (Å²) in [5, 5.41) is 2.75. The molecule has 25 heavy (non-hydrogen) atoms. The summed E-state index contributed by atoms with van der Waals surface area (Å²) >= 11 is 3.25. The zero-order valence-corrected chi connectivity index (χ0v) is 16.1. The van der Waals surface area contributed by atoms with E-state index in [1.807, 2.05) is 24.3 Å². The van der Waals surface area contributed by atoms with Crippen molar-refractivity contribution in [1.82, 2.24) is 10.0 Å². The summed E-state index contributed by atoms with van der Waals surface area (Å²) in [6.07, 6.45) is 0.0465. The lowest BCUT2D eigenvalue weighted by Gasteiger charge is -2.10. The molecule has 0 saturated heterocycles. The smallest absolute Gasteiger partial charge is 0.240 e. The van der Waals surface area contributed by atoms with Crippen LogP contribution in [-0.4, -0.2) is 28.0 Å². The van der Waals surface area contributed by atoms with Gasteiger partial charge >= 0.3 is 0 Å². The number of halogens is 1. The van der Waals surface area contributed by atoms with Crippen LogP contribution in [0.3, 0.4) is 0 Å². The predicted octanol–water partition coefficient (Wildman–Crippen LogP) is 2.44. The number of nitrogens with one attached hydrogen (secondary N) is 2. The number of para-hydroxylation sites is 1. The van der Waals surface area contributed by atoms with Gasteiger partial charge in [-0.1, -0.05) is 34.1 Å². The number of carbonyl (C=O) groups is 1. The maximum absolute atomic E-state index is 12.1. The molecule has 134 valence electrons. The second kappa shape index (κ2) is 8.98. The average Bonchev–Trinajstić information content (AvgIpc) is 2.60. The Balaban J connectivity index is 1.81. The minimum atomic E-state index is -3.62. The summed E-state index contributed by atoms with van der Waals surface area (Å²) < 4.78 is 32.7. The molecular weight excluding hydrogens is 408 g/mol. The lowest BCUT2D eigenvalue weighted by Crippen LogP contribution is -2.30. The SMILES string of the molecule is COc1ccccc1CNC(=O)CCNS(=O)(=O)c1ccc(Br)cc1. The van der Waals surface area contributed by atoms with E-state index in [0.717, 1.165) is 10.0 Å². The maximum atomic E-state index is 12.1. The van der Waals surface area contributed by atoms with Crippen LogP contribution in [0.5, 0.6) is 5.75 Å². The van der Waals surface area contributed by atoms with E-state index in [0.29, 0.717) is 12.3 Å². The Bertz CT molecular complexity index is 823. The molecule has 0 fully saturated rings. The number of methoxy groups -OCH3 is 1. The van der Waals surface area contributed by atoms with Gasteiger partial charge in [0.1, 0.15) is 5.75 Å². The van der Waals surface area contributed by atoms with Crippen LogP contribution in [0.4, 0.5) is 0 Å². The largest absolute Gasteiger partial charge is 0.496 e. The fourth-order valence-corrected chi connectivity index (χ4v) is 3.42. The third-order valence-electron chi connectivity index (χ3n) is 3.44. The molecular formula is C17H19BrN2O4S. The molecule has 0 heterocycles. The molecule has 0 spiro atoms. The van der Waals surface area contributed by atoms with Gasteiger partial charge in [0.05, 0.1) is 12.0 Å². The van der Waals surface area contributed by atoms with Crippen LogP contribution in [0.15, 0.2) is 57.9 Å². The van der Waals surface area contributed by atoms with Crippen molar-refractivity contribution in [1.29, 1.82) is 0 Å². The van der Waals surface area contributed by atoms with Crippen LogP contribution in [0.2, 0.25) is 0 Å². The Hall–Kier alpha value is -1.90. The summed E-state index contributed by atoms with van der Waals surface area (Å²) in [5.74, 6) is 0.447. The Morgan fingerprint density at radius 1 is 1.12 bits per heavy atom. The Morgan fingerprint density at radius 3 is 2.48 bits per heavy atom. The van der Waals surface area contributed by atoms with Crippen LogP contribution in [-0.2, 0) is 21.4 Å². The van der Waals surface area contributed by atoms with Crippen molar-refractivity contribution in [3.63, 3.8) is 0 Å². The van der Waals surface area contributed by atoms with E-state index in [-0.39, 0.29) is 23.8 Å². The molecule has 0 atom stereocenters. The molecule has 1 amide bonds. The summed E-state index contributed by atoms with van der Waals surface area (Å²) in [6.45, 7) is 0.346. The van der Waals surface area contributed by atoms with Gasteiger partial charge in [-0.05, 0) is 30.3 Å².